The van der Waals surface area contributed by atoms with E-state index in [4.69, 9.17) is 5.73 Å². The summed E-state index contributed by atoms with van der Waals surface area (Å²) >= 11 is 0. The first kappa shape index (κ1) is 9.98. The molecule has 13 heavy (non-hydrogen) atoms. The Bertz CT molecular complexity index is 238. The van der Waals surface area contributed by atoms with Crippen LogP contribution in [0.1, 0.15) is 20.3 Å². The van der Waals surface area contributed by atoms with E-state index in [1.807, 2.05) is 0 Å². The molecular formula is C8H15N3O2. The number of urea groups is 1. The fourth-order valence-electron chi connectivity index (χ4n) is 1.32. The topological polar surface area (TPSA) is 75.4 Å². The van der Waals surface area contributed by atoms with Gasteiger partial charge in [0.05, 0.1) is 0 Å². The standard InChI is InChI=1S/C8H15N3O2/c1-8(2)6(12)10-7(13)11(8)5-3-4-9/h3-5,9H2,1-2H3,(H,10,12,13). The lowest BCUT2D eigenvalue weighted by Gasteiger charge is -2.27. The van der Waals surface area contributed by atoms with E-state index in [1.165, 1.54) is 4.90 Å². The van der Waals surface area contributed by atoms with Crippen LogP contribution in [0.3, 0.4) is 0 Å². The van der Waals surface area contributed by atoms with Crippen LogP contribution in [-0.4, -0.2) is 35.5 Å². The van der Waals surface area contributed by atoms with E-state index < -0.39 is 5.54 Å². The van der Waals surface area contributed by atoms with Crippen LogP contribution in [-0.2, 0) is 4.79 Å². The van der Waals surface area contributed by atoms with Crippen LogP contribution in [0.2, 0.25) is 0 Å². The zero-order valence-electron chi connectivity index (χ0n) is 7.96. The van der Waals surface area contributed by atoms with Crippen molar-refractivity contribution in [3.8, 4) is 0 Å². The van der Waals surface area contributed by atoms with Crippen LogP contribution < -0.4 is 11.1 Å². The molecule has 0 unspecified atom stereocenters. The SMILES string of the molecule is CC1(C)C(=O)NC(=O)N1CCCN. The Balaban J connectivity index is 2.71. The van der Waals surface area contributed by atoms with E-state index in [-0.39, 0.29) is 11.9 Å². The lowest BCUT2D eigenvalue weighted by molar-refractivity contribution is -0.125. The van der Waals surface area contributed by atoms with Gasteiger partial charge in [-0.2, -0.15) is 0 Å². The van der Waals surface area contributed by atoms with E-state index in [9.17, 15) is 9.59 Å². The molecule has 1 fully saturated rings. The number of hydrogen-bond donors (Lipinski definition) is 2. The van der Waals surface area contributed by atoms with Gasteiger partial charge in [-0.25, -0.2) is 4.79 Å². The van der Waals surface area contributed by atoms with Crippen LogP contribution in [0.25, 0.3) is 0 Å². The third-order valence-corrected chi connectivity index (χ3v) is 2.28. The number of rotatable bonds is 3. The molecule has 0 saturated carbocycles. The number of nitrogens with two attached hydrogens (primary N) is 1. The van der Waals surface area contributed by atoms with Crippen molar-refractivity contribution in [3.05, 3.63) is 0 Å². The highest BCUT2D eigenvalue weighted by Crippen LogP contribution is 2.20. The molecule has 0 bridgehead atoms. The lowest BCUT2D eigenvalue weighted by atomic mass is 10.0. The largest absolute Gasteiger partial charge is 0.330 e. The first-order valence-corrected chi connectivity index (χ1v) is 4.33. The summed E-state index contributed by atoms with van der Waals surface area (Å²) in [4.78, 5) is 24.1. The van der Waals surface area contributed by atoms with Gasteiger partial charge in [0.15, 0.2) is 0 Å². The number of imide groups is 1. The van der Waals surface area contributed by atoms with Gasteiger partial charge in [-0.15, -0.1) is 0 Å². The first-order chi connectivity index (χ1) is 6.00. The third kappa shape index (κ3) is 1.65. The summed E-state index contributed by atoms with van der Waals surface area (Å²) in [5, 5.41) is 2.27. The molecule has 0 aromatic rings. The average molecular weight is 185 g/mol. The molecule has 0 aromatic carbocycles. The molecular weight excluding hydrogens is 170 g/mol. The molecule has 1 saturated heterocycles. The monoisotopic (exact) mass is 185 g/mol. The molecule has 1 aliphatic rings. The number of hydrogen-bond acceptors (Lipinski definition) is 3. The fraction of sp³-hybridized carbons (Fsp3) is 0.750. The smallest absolute Gasteiger partial charge is 0.324 e. The molecule has 1 aliphatic heterocycles. The van der Waals surface area contributed by atoms with E-state index in [0.717, 1.165) is 0 Å². The summed E-state index contributed by atoms with van der Waals surface area (Å²) < 4.78 is 0. The predicted octanol–water partition coefficient (Wildman–Crippen LogP) is -0.334. The first-order valence-electron chi connectivity index (χ1n) is 4.33. The number of nitrogens with one attached hydrogen (secondary N) is 1. The molecule has 0 aromatic heterocycles. The minimum absolute atomic E-state index is 0.241. The maximum absolute atomic E-state index is 11.3. The van der Waals surface area contributed by atoms with Crippen molar-refractivity contribution < 1.29 is 9.59 Å². The second-order valence-corrected chi connectivity index (χ2v) is 3.61. The predicted molar refractivity (Wildman–Crippen MR) is 48.0 cm³/mol. The Morgan fingerprint density at radius 2 is 2.08 bits per heavy atom. The Labute approximate surface area is 77.3 Å². The maximum atomic E-state index is 11.3. The fourth-order valence-corrected chi connectivity index (χ4v) is 1.32. The van der Waals surface area contributed by atoms with E-state index in [1.54, 1.807) is 13.8 Å². The molecule has 0 radical (unpaired) electrons. The summed E-state index contributed by atoms with van der Waals surface area (Å²) in [6, 6.07) is -0.316. The summed E-state index contributed by atoms with van der Waals surface area (Å²) in [5.41, 5.74) is 4.60. The zero-order chi connectivity index (χ0) is 10.1. The van der Waals surface area contributed by atoms with Crippen LogP contribution >= 0.6 is 0 Å². The number of amides is 3. The van der Waals surface area contributed by atoms with E-state index in [0.29, 0.717) is 19.5 Å². The summed E-state index contributed by atoms with van der Waals surface area (Å²) in [6.45, 7) is 4.50. The third-order valence-electron chi connectivity index (χ3n) is 2.28. The molecule has 1 rings (SSSR count). The van der Waals surface area contributed by atoms with Gasteiger partial charge < -0.3 is 10.6 Å². The molecule has 1 heterocycles. The van der Waals surface area contributed by atoms with Crippen molar-refractivity contribution in [2.75, 3.05) is 13.1 Å². The molecule has 0 aliphatic carbocycles. The minimum atomic E-state index is -0.730. The Kier molecular flexibility index (Phi) is 2.56. The summed E-state index contributed by atoms with van der Waals surface area (Å²) in [5.74, 6) is -0.241. The van der Waals surface area contributed by atoms with Gasteiger partial charge in [0.2, 0.25) is 0 Å². The van der Waals surface area contributed by atoms with Crippen LogP contribution in [0.4, 0.5) is 4.79 Å². The van der Waals surface area contributed by atoms with E-state index >= 15 is 0 Å². The molecule has 0 atom stereocenters. The van der Waals surface area contributed by atoms with Crippen molar-refractivity contribution in [3.63, 3.8) is 0 Å². The summed E-state index contributed by atoms with van der Waals surface area (Å²) in [6.07, 6.45) is 0.712. The number of carbonyl (C=O) groups is 2. The van der Waals surface area contributed by atoms with Crippen molar-refractivity contribution in [1.29, 1.82) is 0 Å². The molecule has 74 valence electrons. The van der Waals surface area contributed by atoms with Gasteiger partial charge in [-0.3, -0.25) is 10.1 Å². The Morgan fingerprint density at radius 1 is 1.46 bits per heavy atom. The van der Waals surface area contributed by atoms with Crippen molar-refractivity contribution in [1.82, 2.24) is 10.2 Å². The lowest BCUT2D eigenvalue weighted by Crippen LogP contribution is -2.45. The van der Waals surface area contributed by atoms with Crippen LogP contribution in [0.5, 0.6) is 0 Å². The molecule has 5 heteroatoms. The Morgan fingerprint density at radius 3 is 2.46 bits per heavy atom. The number of nitrogens with zero attached hydrogens (tertiary/aromatic N) is 1. The second kappa shape index (κ2) is 3.33. The molecule has 5 nitrogen and oxygen atoms in total. The highest BCUT2D eigenvalue weighted by atomic mass is 16.2. The molecule has 3 amide bonds. The van der Waals surface area contributed by atoms with Crippen molar-refractivity contribution >= 4 is 11.9 Å². The summed E-state index contributed by atoms with van der Waals surface area (Å²) in [7, 11) is 0. The van der Waals surface area contributed by atoms with Crippen LogP contribution in [0.15, 0.2) is 0 Å². The number of carbonyl (C=O) groups excluding carboxylic acids is 2. The average Bonchev–Trinajstić information content (AvgIpc) is 2.21. The van der Waals surface area contributed by atoms with Gasteiger partial charge in [0, 0.05) is 6.54 Å². The van der Waals surface area contributed by atoms with Gasteiger partial charge in [-0.05, 0) is 26.8 Å². The minimum Gasteiger partial charge on any atom is -0.330 e. The van der Waals surface area contributed by atoms with Crippen molar-refractivity contribution in [2.45, 2.75) is 25.8 Å². The van der Waals surface area contributed by atoms with E-state index in [2.05, 4.69) is 5.32 Å². The molecule has 3 N–H and O–H groups in total. The van der Waals surface area contributed by atoms with Gasteiger partial charge in [-0.1, -0.05) is 0 Å². The normalized spacial score (nSPS) is 20.7. The van der Waals surface area contributed by atoms with Gasteiger partial charge in [0.25, 0.3) is 5.91 Å². The quantitative estimate of drug-likeness (QED) is 0.591. The second-order valence-electron chi connectivity index (χ2n) is 3.61. The molecule has 0 spiro atoms. The zero-order valence-corrected chi connectivity index (χ0v) is 7.96. The maximum Gasteiger partial charge on any atom is 0.324 e. The van der Waals surface area contributed by atoms with Gasteiger partial charge >= 0.3 is 6.03 Å². The highest BCUT2D eigenvalue weighted by Gasteiger charge is 2.44. The van der Waals surface area contributed by atoms with Crippen LogP contribution in [0, 0.1) is 0 Å². The van der Waals surface area contributed by atoms with Gasteiger partial charge in [0.1, 0.15) is 5.54 Å². The highest BCUT2D eigenvalue weighted by molar-refractivity contribution is 6.06. The van der Waals surface area contributed by atoms with Crippen molar-refractivity contribution in [2.24, 2.45) is 5.73 Å². The Hall–Kier alpha value is -1.10.